The minimum Gasteiger partial charge on any atom is -0.454 e. The van der Waals surface area contributed by atoms with Crippen LogP contribution in [0.5, 0.6) is 11.5 Å². The van der Waals surface area contributed by atoms with E-state index in [0.717, 1.165) is 29.6 Å². The standard InChI is InChI=1S/C20H25N3O3/c1-2-21-20(22-10-11-24-14-16-6-4-3-5-7-16)23-13-17-8-9-18-19(12-17)26-15-25-18/h3-9,12H,2,10-11,13-15H2,1H3,(H2,21,22,23). The maximum absolute atomic E-state index is 5.69. The number of hydrogen-bond donors (Lipinski definition) is 2. The summed E-state index contributed by atoms with van der Waals surface area (Å²) in [7, 11) is 0. The third-order valence-corrected chi connectivity index (χ3v) is 3.85. The fourth-order valence-corrected chi connectivity index (χ4v) is 2.56. The van der Waals surface area contributed by atoms with Crippen LogP contribution in [-0.2, 0) is 17.9 Å². The molecule has 0 fully saturated rings. The number of hydrogen-bond acceptors (Lipinski definition) is 4. The Morgan fingerprint density at radius 3 is 2.73 bits per heavy atom. The molecule has 0 unspecified atom stereocenters. The molecule has 0 aromatic heterocycles. The van der Waals surface area contributed by atoms with Gasteiger partial charge in [0.25, 0.3) is 0 Å². The minimum atomic E-state index is 0.287. The van der Waals surface area contributed by atoms with Crippen LogP contribution in [-0.4, -0.2) is 32.4 Å². The van der Waals surface area contributed by atoms with Crippen LogP contribution >= 0.6 is 0 Å². The molecule has 0 spiro atoms. The van der Waals surface area contributed by atoms with Crippen molar-refractivity contribution >= 4 is 5.96 Å². The smallest absolute Gasteiger partial charge is 0.231 e. The molecule has 6 heteroatoms. The van der Waals surface area contributed by atoms with Crippen LogP contribution in [0, 0.1) is 0 Å². The first-order valence-electron chi connectivity index (χ1n) is 8.87. The molecule has 138 valence electrons. The van der Waals surface area contributed by atoms with Gasteiger partial charge in [-0.05, 0) is 30.2 Å². The highest BCUT2D eigenvalue weighted by atomic mass is 16.7. The van der Waals surface area contributed by atoms with Gasteiger partial charge in [-0.3, -0.25) is 0 Å². The average molecular weight is 355 g/mol. The highest BCUT2D eigenvalue weighted by Crippen LogP contribution is 2.32. The van der Waals surface area contributed by atoms with Crippen LogP contribution in [0.25, 0.3) is 0 Å². The zero-order valence-corrected chi connectivity index (χ0v) is 15.0. The van der Waals surface area contributed by atoms with Gasteiger partial charge in [-0.25, -0.2) is 4.99 Å². The number of rotatable bonds is 8. The van der Waals surface area contributed by atoms with Crippen LogP contribution < -0.4 is 20.1 Å². The van der Waals surface area contributed by atoms with E-state index in [1.165, 1.54) is 5.56 Å². The third kappa shape index (κ3) is 5.39. The van der Waals surface area contributed by atoms with E-state index in [4.69, 9.17) is 14.2 Å². The fraction of sp³-hybridized carbons (Fsp3) is 0.350. The van der Waals surface area contributed by atoms with Crippen LogP contribution in [0.15, 0.2) is 53.5 Å². The molecule has 2 N–H and O–H groups in total. The number of nitrogens with one attached hydrogen (secondary N) is 2. The molecule has 1 aliphatic heterocycles. The first-order chi connectivity index (χ1) is 12.8. The Kier molecular flexibility index (Phi) is 6.73. The number of guanidine groups is 1. The molecule has 0 saturated carbocycles. The highest BCUT2D eigenvalue weighted by molar-refractivity contribution is 5.79. The Bertz CT molecular complexity index is 719. The molecule has 0 atom stereocenters. The summed E-state index contributed by atoms with van der Waals surface area (Å²) in [6.45, 7) is 5.63. The van der Waals surface area contributed by atoms with Gasteiger partial charge in [-0.2, -0.15) is 0 Å². The number of nitrogens with zero attached hydrogens (tertiary/aromatic N) is 1. The molecule has 0 amide bonds. The third-order valence-electron chi connectivity index (χ3n) is 3.85. The monoisotopic (exact) mass is 355 g/mol. The molecule has 0 saturated heterocycles. The van der Waals surface area contributed by atoms with Crippen molar-refractivity contribution < 1.29 is 14.2 Å². The largest absolute Gasteiger partial charge is 0.454 e. The van der Waals surface area contributed by atoms with Crippen LogP contribution in [0.1, 0.15) is 18.1 Å². The first kappa shape index (κ1) is 18.1. The van der Waals surface area contributed by atoms with Crippen molar-refractivity contribution in [1.82, 2.24) is 10.6 Å². The van der Waals surface area contributed by atoms with E-state index in [-0.39, 0.29) is 6.79 Å². The molecule has 3 rings (SSSR count). The average Bonchev–Trinajstić information content (AvgIpc) is 3.14. The maximum atomic E-state index is 5.69. The lowest BCUT2D eigenvalue weighted by Gasteiger charge is -2.11. The summed E-state index contributed by atoms with van der Waals surface area (Å²) >= 11 is 0. The van der Waals surface area contributed by atoms with Crippen molar-refractivity contribution in [2.75, 3.05) is 26.5 Å². The van der Waals surface area contributed by atoms with E-state index < -0.39 is 0 Å². The Labute approximate surface area is 154 Å². The second-order valence-electron chi connectivity index (χ2n) is 5.85. The van der Waals surface area contributed by atoms with Crippen molar-refractivity contribution in [1.29, 1.82) is 0 Å². The van der Waals surface area contributed by atoms with Gasteiger partial charge in [0, 0.05) is 13.1 Å². The zero-order chi connectivity index (χ0) is 18.0. The van der Waals surface area contributed by atoms with Gasteiger partial charge >= 0.3 is 0 Å². The zero-order valence-electron chi connectivity index (χ0n) is 15.0. The first-order valence-corrected chi connectivity index (χ1v) is 8.87. The quantitative estimate of drug-likeness (QED) is 0.433. The Morgan fingerprint density at radius 2 is 1.88 bits per heavy atom. The van der Waals surface area contributed by atoms with E-state index in [0.29, 0.717) is 26.3 Å². The van der Waals surface area contributed by atoms with Gasteiger partial charge in [0.1, 0.15) is 0 Å². The molecule has 6 nitrogen and oxygen atoms in total. The van der Waals surface area contributed by atoms with Crippen molar-refractivity contribution in [3.05, 3.63) is 59.7 Å². The van der Waals surface area contributed by atoms with E-state index in [1.54, 1.807) is 0 Å². The van der Waals surface area contributed by atoms with Gasteiger partial charge in [0.15, 0.2) is 17.5 Å². The SMILES string of the molecule is CCNC(=NCc1ccc2c(c1)OCO2)NCCOCc1ccccc1. The number of benzene rings is 2. The van der Waals surface area contributed by atoms with Crippen molar-refractivity contribution in [3.8, 4) is 11.5 Å². The molecule has 2 aromatic rings. The van der Waals surface area contributed by atoms with Crippen molar-refractivity contribution in [3.63, 3.8) is 0 Å². The summed E-state index contributed by atoms with van der Waals surface area (Å²) < 4.78 is 16.4. The van der Waals surface area contributed by atoms with Crippen LogP contribution in [0.3, 0.4) is 0 Å². The summed E-state index contributed by atoms with van der Waals surface area (Å²) in [6, 6.07) is 16.1. The number of ether oxygens (including phenoxy) is 3. The lowest BCUT2D eigenvalue weighted by atomic mass is 10.2. The predicted molar refractivity (Wildman–Crippen MR) is 101 cm³/mol. The summed E-state index contributed by atoms with van der Waals surface area (Å²) in [5, 5.41) is 6.53. The van der Waals surface area contributed by atoms with Gasteiger partial charge in [-0.15, -0.1) is 0 Å². The number of aliphatic imine (C=N–C) groups is 1. The number of fused-ring (bicyclic) bond motifs is 1. The van der Waals surface area contributed by atoms with Crippen molar-refractivity contribution in [2.24, 2.45) is 4.99 Å². The van der Waals surface area contributed by atoms with Gasteiger partial charge < -0.3 is 24.8 Å². The molecular formula is C20H25N3O3. The van der Waals surface area contributed by atoms with Crippen LogP contribution in [0.2, 0.25) is 0 Å². The maximum Gasteiger partial charge on any atom is 0.231 e. The molecule has 0 bridgehead atoms. The second kappa shape index (κ2) is 9.68. The Morgan fingerprint density at radius 1 is 1.04 bits per heavy atom. The second-order valence-corrected chi connectivity index (χ2v) is 5.85. The van der Waals surface area contributed by atoms with E-state index in [1.807, 2.05) is 43.3 Å². The summed E-state index contributed by atoms with van der Waals surface area (Å²) in [5.41, 5.74) is 2.25. The fourth-order valence-electron chi connectivity index (χ4n) is 2.56. The highest BCUT2D eigenvalue weighted by Gasteiger charge is 2.12. The summed E-state index contributed by atoms with van der Waals surface area (Å²) in [4.78, 5) is 4.61. The van der Waals surface area contributed by atoms with Gasteiger partial charge in [0.05, 0.1) is 19.8 Å². The Balaban J connectivity index is 1.43. The topological polar surface area (TPSA) is 64.1 Å². The van der Waals surface area contributed by atoms with E-state index in [9.17, 15) is 0 Å². The summed E-state index contributed by atoms with van der Waals surface area (Å²) in [6.07, 6.45) is 0. The van der Waals surface area contributed by atoms with Crippen molar-refractivity contribution in [2.45, 2.75) is 20.1 Å². The molecule has 0 radical (unpaired) electrons. The molecule has 2 aromatic carbocycles. The lowest BCUT2D eigenvalue weighted by Crippen LogP contribution is -2.38. The molecule has 1 heterocycles. The molecule has 1 aliphatic rings. The Hall–Kier alpha value is -2.73. The van der Waals surface area contributed by atoms with Gasteiger partial charge in [-0.1, -0.05) is 36.4 Å². The predicted octanol–water partition coefficient (Wildman–Crippen LogP) is 2.69. The van der Waals surface area contributed by atoms with E-state index >= 15 is 0 Å². The summed E-state index contributed by atoms with van der Waals surface area (Å²) in [5.74, 6) is 2.34. The molecule has 26 heavy (non-hydrogen) atoms. The molecular weight excluding hydrogens is 330 g/mol. The van der Waals surface area contributed by atoms with Gasteiger partial charge in [0.2, 0.25) is 6.79 Å². The molecule has 0 aliphatic carbocycles. The van der Waals surface area contributed by atoms with E-state index in [2.05, 4.69) is 27.8 Å². The minimum absolute atomic E-state index is 0.287. The normalized spacial score (nSPS) is 12.9. The lowest BCUT2D eigenvalue weighted by molar-refractivity contribution is 0.125. The van der Waals surface area contributed by atoms with Crippen LogP contribution in [0.4, 0.5) is 0 Å².